The second-order valence-corrected chi connectivity index (χ2v) is 9.41. The first-order chi connectivity index (χ1) is 15.2. The Morgan fingerprint density at radius 3 is 2.35 bits per heavy atom. The molecular weight excluding hydrogens is 396 g/mol. The summed E-state index contributed by atoms with van der Waals surface area (Å²) in [4.78, 5) is 24.9. The van der Waals surface area contributed by atoms with Crippen LogP contribution in [0.1, 0.15) is 55.3 Å². The minimum absolute atomic E-state index is 0.0929. The van der Waals surface area contributed by atoms with E-state index in [9.17, 15) is 9.59 Å². The van der Waals surface area contributed by atoms with Gasteiger partial charge in [-0.1, -0.05) is 25.3 Å². The molecule has 0 bridgehead atoms. The van der Waals surface area contributed by atoms with Crippen LogP contribution < -0.4 is 15.4 Å². The molecule has 2 saturated carbocycles. The summed E-state index contributed by atoms with van der Waals surface area (Å²) in [6.45, 7) is 1.52. The molecule has 0 unspecified atom stereocenters. The molecule has 7 nitrogen and oxygen atoms in total. The fraction of sp³-hybridized carbons (Fsp3) is 0.667. The van der Waals surface area contributed by atoms with E-state index in [4.69, 9.17) is 14.2 Å². The van der Waals surface area contributed by atoms with E-state index in [1.54, 1.807) is 12.1 Å². The lowest BCUT2D eigenvalue weighted by Crippen LogP contribution is -2.47. The lowest BCUT2D eigenvalue weighted by molar-refractivity contribution is -0.123. The molecule has 4 atom stereocenters. The average Bonchev–Trinajstić information content (AvgIpc) is 3.48. The number of carbonyl (C=O) groups is 2. The molecule has 2 N–H and O–H groups in total. The molecule has 2 heterocycles. The van der Waals surface area contributed by atoms with Gasteiger partial charge in [-0.15, -0.1) is 0 Å². The summed E-state index contributed by atoms with van der Waals surface area (Å²) < 4.78 is 17.8. The molecule has 2 aliphatic heterocycles. The van der Waals surface area contributed by atoms with Crippen molar-refractivity contribution in [2.75, 3.05) is 19.8 Å². The number of hydrogen-bond donors (Lipinski definition) is 2. The quantitative estimate of drug-likeness (QED) is 0.697. The topological polar surface area (TPSA) is 85.9 Å². The summed E-state index contributed by atoms with van der Waals surface area (Å²) in [6, 6.07) is 6.99. The molecule has 2 aliphatic carbocycles. The van der Waals surface area contributed by atoms with Gasteiger partial charge in [-0.25, -0.2) is 0 Å². The van der Waals surface area contributed by atoms with Gasteiger partial charge in [0.15, 0.2) is 0 Å². The highest BCUT2D eigenvalue weighted by molar-refractivity contribution is 5.94. The maximum Gasteiger partial charge on any atom is 0.251 e. The standard InChI is InChI=1S/C24H32N2O5/c27-23(16-9-10-16)25-19-13-30-22-20(14-31-21(19)22)26-24(28)17-7-4-8-18(11-17)29-12-15-5-2-1-3-6-15/h4,7-8,11,15-16,19-22H,1-3,5-6,9-10,12-14H2,(H,25,27)(H,26,28)/t19-,20-,21+,22+/m0/s1. The summed E-state index contributed by atoms with van der Waals surface area (Å²) in [7, 11) is 0. The van der Waals surface area contributed by atoms with Gasteiger partial charge in [0.25, 0.3) is 5.91 Å². The Morgan fingerprint density at radius 1 is 0.935 bits per heavy atom. The van der Waals surface area contributed by atoms with Crippen LogP contribution >= 0.6 is 0 Å². The summed E-state index contributed by atoms with van der Waals surface area (Å²) in [5.41, 5.74) is 0.571. The van der Waals surface area contributed by atoms with Gasteiger partial charge in [0.2, 0.25) is 5.91 Å². The van der Waals surface area contributed by atoms with E-state index >= 15 is 0 Å². The monoisotopic (exact) mass is 428 g/mol. The molecule has 4 aliphatic rings. The van der Waals surface area contributed by atoms with Crippen molar-refractivity contribution in [3.05, 3.63) is 29.8 Å². The molecule has 31 heavy (non-hydrogen) atoms. The van der Waals surface area contributed by atoms with Crippen molar-refractivity contribution in [3.8, 4) is 5.75 Å². The predicted molar refractivity (Wildman–Crippen MR) is 114 cm³/mol. The molecule has 2 amide bonds. The maximum atomic E-state index is 12.9. The van der Waals surface area contributed by atoms with Crippen molar-refractivity contribution in [2.24, 2.45) is 11.8 Å². The van der Waals surface area contributed by atoms with Gasteiger partial charge in [-0.05, 0) is 49.8 Å². The normalized spacial score (nSPS) is 30.6. The van der Waals surface area contributed by atoms with Crippen molar-refractivity contribution in [1.82, 2.24) is 10.6 Å². The highest BCUT2D eigenvalue weighted by Crippen LogP contribution is 2.32. The molecule has 2 saturated heterocycles. The smallest absolute Gasteiger partial charge is 0.251 e. The van der Waals surface area contributed by atoms with Gasteiger partial charge in [-0.2, -0.15) is 0 Å². The zero-order chi connectivity index (χ0) is 21.2. The Balaban J connectivity index is 1.14. The Labute approximate surface area is 183 Å². The molecule has 1 aromatic rings. The molecule has 1 aromatic carbocycles. The highest BCUT2D eigenvalue weighted by Gasteiger charge is 2.49. The zero-order valence-electron chi connectivity index (χ0n) is 17.9. The Bertz CT molecular complexity index is 805. The molecule has 0 spiro atoms. The van der Waals surface area contributed by atoms with Crippen LogP contribution in [0.4, 0.5) is 0 Å². The van der Waals surface area contributed by atoms with Crippen molar-refractivity contribution >= 4 is 11.8 Å². The number of nitrogens with one attached hydrogen (secondary N) is 2. The number of hydrogen-bond acceptors (Lipinski definition) is 5. The maximum absolute atomic E-state index is 12.9. The lowest BCUT2D eigenvalue weighted by Gasteiger charge is -2.22. The summed E-state index contributed by atoms with van der Waals surface area (Å²) >= 11 is 0. The van der Waals surface area contributed by atoms with E-state index in [-0.39, 0.29) is 42.0 Å². The molecule has 7 heteroatoms. The fourth-order valence-electron chi connectivity index (χ4n) is 4.94. The van der Waals surface area contributed by atoms with Crippen molar-refractivity contribution in [1.29, 1.82) is 0 Å². The van der Waals surface area contributed by atoms with Crippen LogP contribution in [0.3, 0.4) is 0 Å². The van der Waals surface area contributed by atoms with E-state index in [0.29, 0.717) is 31.3 Å². The van der Waals surface area contributed by atoms with Gasteiger partial charge in [0, 0.05) is 11.5 Å². The number of carbonyl (C=O) groups excluding carboxylic acids is 2. The SMILES string of the molecule is O=C(N[C@H]1CO[C@H]2[C@@H]1OC[C@@H]2NC(=O)C1CC1)c1cccc(OCC2CCCCC2)c1. The lowest BCUT2D eigenvalue weighted by atomic mass is 9.90. The summed E-state index contributed by atoms with van der Waals surface area (Å²) in [5.74, 6) is 1.44. The van der Waals surface area contributed by atoms with E-state index in [1.165, 1.54) is 32.1 Å². The van der Waals surface area contributed by atoms with Gasteiger partial charge in [0.1, 0.15) is 18.0 Å². The minimum Gasteiger partial charge on any atom is -0.493 e. The largest absolute Gasteiger partial charge is 0.493 e. The fourth-order valence-corrected chi connectivity index (χ4v) is 4.94. The van der Waals surface area contributed by atoms with Crippen LogP contribution in [0.25, 0.3) is 0 Å². The Kier molecular flexibility index (Phi) is 6.14. The number of rotatable bonds is 7. The van der Waals surface area contributed by atoms with Gasteiger partial charge in [-0.3, -0.25) is 9.59 Å². The molecular formula is C24H32N2O5. The molecule has 0 radical (unpaired) electrons. The van der Waals surface area contributed by atoms with Crippen molar-refractivity contribution in [2.45, 2.75) is 69.2 Å². The van der Waals surface area contributed by atoms with Crippen molar-refractivity contribution in [3.63, 3.8) is 0 Å². The first kappa shape index (κ1) is 20.8. The van der Waals surface area contributed by atoms with Crippen LogP contribution in [-0.4, -0.2) is 55.9 Å². The first-order valence-corrected chi connectivity index (χ1v) is 11.7. The van der Waals surface area contributed by atoms with Crippen LogP contribution in [-0.2, 0) is 14.3 Å². The third-order valence-corrected chi connectivity index (χ3v) is 6.95. The molecule has 168 valence electrons. The number of amides is 2. The highest BCUT2D eigenvalue weighted by atomic mass is 16.6. The van der Waals surface area contributed by atoms with Crippen molar-refractivity contribution < 1.29 is 23.8 Å². The van der Waals surface area contributed by atoms with Gasteiger partial charge < -0.3 is 24.8 Å². The van der Waals surface area contributed by atoms with E-state index in [2.05, 4.69) is 10.6 Å². The minimum atomic E-state index is -0.237. The number of benzene rings is 1. The van der Waals surface area contributed by atoms with Gasteiger partial charge in [0.05, 0.1) is 31.9 Å². The Hall–Kier alpha value is -2.12. The van der Waals surface area contributed by atoms with Gasteiger partial charge >= 0.3 is 0 Å². The van der Waals surface area contributed by atoms with Crippen LogP contribution in [0, 0.1) is 11.8 Å². The van der Waals surface area contributed by atoms with E-state index in [1.807, 2.05) is 12.1 Å². The predicted octanol–water partition coefficient (Wildman–Crippen LogP) is 2.44. The zero-order valence-corrected chi connectivity index (χ0v) is 17.9. The summed E-state index contributed by atoms with van der Waals surface area (Å²) in [6.07, 6.45) is 7.85. The van der Waals surface area contributed by atoms with E-state index < -0.39 is 0 Å². The third kappa shape index (κ3) is 4.88. The molecule has 4 fully saturated rings. The second-order valence-electron chi connectivity index (χ2n) is 9.41. The summed E-state index contributed by atoms with van der Waals surface area (Å²) in [5, 5.41) is 6.10. The third-order valence-electron chi connectivity index (χ3n) is 6.95. The molecule has 5 rings (SSSR count). The van der Waals surface area contributed by atoms with Crippen LogP contribution in [0.5, 0.6) is 5.75 Å². The second kappa shape index (κ2) is 9.17. The first-order valence-electron chi connectivity index (χ1n) is 11.7. The molecule has 0 aromatic heterocycles. The number of fused-ring (bicyclic) bond motifs is 1. The number of ether oxygens (including phenoxy) is 3. The van der Waals surface area contributed by atoms with Crippen LogP contribution in [0.2, 0.25) is 0 Å². The average molecular weight is 429 g/mol. The van der Waals surface area contributed by atoms with E-state index in [0.717, 1.165) is 18.6 Å². The van der Waals surface area contributed by atoms with Crippen LogP contribution in [0.15, 0.2) is 24.3 Å². The Morgan fingerprint density at radius 2 is 1.65 bits per heavy atom.